The minimum atomic E-state index is -0.508. The molecule has 3 rings (SSSR count). The second-order valence-electron chi connectivity index (χ2n) is 5.79. The summed E-state index contributed by atoms with van der Waals surface area (Å²) < 4.78 is 1.34. The fourth-order valence-electron chi connectivity index (χ4n) is 2.67. The third-order valence-corrected chi connectivity index (χ3v) is 4.23. The van der Waals surface area contributed by atoms with Gasteiger partial charge in [0.05, 0.1) is 11.3 Å². The molecule has 0 saturated carbocycles. The van der Waals surface area contributed by atoms with Crippen LogP contribution in [0.1, 0.15) is 17.7 Å². The van der Waals surface area contributed by atoms with Gasteiger partial charge in [0, 0.05) is 17.3 Å². The molecule has 2 N–H and O–H groups in total. The Morgan fingerprint density at radius 2 is 2.04 bits per heavy atom. The highest BCUT2D eigenvalue weighted by Gasteiger charge is 2.33. The van der Waals surface area contributed by atoms with Gasteiger partial charge in [-0.1, -0.05) is 23.7 Å². The van der Waals surface area contributed by atoms with Crippen molar-refractivity contribution in [2.45, 2.75) is 13.3 Å². The topological polar surface area (TPSA) is 87.2 Å². The molecule has 2 aromatic rings. The van der Waals surface area contributed by atoms with Crippen LogP contribution >= 0.6 is 11.6 Å². The van der Waals surface area contributed by atoms with Gasteiger partial charge in [-0.2, -0.15) is 0 Å². The van der Waals surface area contributed by atoms with Crippen LogP contribution in [0.5, 0.6) is 0 Å². The van der Waals surface area contributed by atoms with E-state index in [1.54, 1.807) is 37.3 Å². The average molecular weight is 373 g/mol. The summed E-state index contributed by atoms with van der Waals surface area (Å²) in [4.78, 5) is 38.1. The van der Waals surface area contributed by atoms with Crippen LogP contribution < -0.4 is 10.9 Å². The Labute approximate surface area is 154 Å². The molecule has 1 aromatic carbocycles. The first-order valence-corrected chi connectivity index (χ1v) is 8.33. The van der Waals surface area contributed by atoms with Crippen LogP contribution in [0.25, 0.3) is 11.8 Å². The number of nitrogens with one attached hydrogen (secondary N) is 2. The molecule has 3 amide bonds. The van der Waals surface area contributed by atoms with E-state index in [9.17, 15) is 14.4 Å². The van der Waals surface area contributed by atoms with Crippen LogP contribution in [0.2, 0.25) is 5.02 Å². The Balaban J connectivity index is 1.97. The van der Waals surface area contributed by atoms with Gasteiger partial charge >= 0.3 is 6.03 Å². The van der Waals surface area contributed by atoms with E-state index < -0.39 is 11.9 Å². The van der Waals surface area contributed by atoms with Crippen LogP contribution in [0.4, 0.5) is 4.79 Å². The lowest BCUT2D eigenvalue weighted by molar-refractivity contribution is -0.122. The summed E-state index contributed by atoms with van der Waals surface area (Å²) in [5.74, 6) is -0.467. The number of aromatic nitrogens is 2. The number of nitrogens with zero attached hydrogens (tertiary/aromatic N) is 2. The first kappa shape index (κ1) is 17.8. The Morgan fingerprint density at radius 1 is 1.27 bits per heavy atom. The molecule has 134 valence electrons. The van der Waals surface area contributed by atoms with Crippen LogP contribution in [-0.2, 0) is 4.79 Å². The van der Waals surface area contributed by atoms with Gasteiger partial charge in [0.1, 0.15) is 5.70 Å². The van der Waals surface area contributed by atoms with Gasteiger partial charge in [0.2, 0.25) is 0 Å². The van der Waals surface area contributed by atoms with Crippen LogP contribution in [0, 0.1) is 6.92 Å². The van der Waals surface area contributed by atoms with E-state index >= 15 is 0 Å². The first-order chi connectivity index (χ1) is 12.4. The van der Waals surface area contributed by atoms with Gasteiger partial charge < -0.3 is 5.32 Å². The number of hydrogen-bond donors (Lipinski definition) is 2. The minimum absolute atomic E-state index is 0.0662. The third kappa shape index (κ3) is 3.21. The van der Waals surface area contributed by atoms with E-state index in [2.05, 4.69) is 17.0 Å². The van der Waals surface area contributed by atoms with Crippen molar-refractivity contribution in [1.29, 1.82) is 0 Å². The van der Waals surface area contributed by atoms with Gasteiger partial charge in [-0.15, -0.1) is 6.58 Å². The molecule has 1 aliphatic heterocycles. The lowest BCUT2D eigenvalue weighted by Crippen LogP contribution is -2.31. The van der Waals surface area contributed by atoms with Gasteiger partial charge in [-0.05, 0) is 37.6 Å². The number of urea groups is 1. The van der Waals surface area contributed by atoms with Crippen molar-refractivity contribution in [2.24, 2.45) is 0 Å². The quantitative estimate of drug-likeness (QED) is 0.480. The second kappa shape index (κ2) is 7.05. The normalized spacial score (nSPS) is 15.6. The average Bonchev–Trinajstić information content (AvgIpc) is 3.04. The van der Waals surface area contributed by atoms with Gasteiger partial charge in [0.25, 0.3) is 11.5 Å². The predicted molar refractivity (Wildman–Crippen MR) is 99.2 cm³/mol. The van der Waals surface area contributed by atoms with Crippen molar-refractivity contribution in [3.05, 3.63) is 69.3 Å². The zero-order chi connectivity index (χ0) is 18.8. The van der Waals surface area contributed by atoms with Crippen LogP contribution in [0.3, 0.4) is 0 Å². The predicted octanol–water partition coefficient (Wildman–Crippen LogP) is 2.60. The second-order valence-corrected chi connectivity index (χ2v) is 6.23. The monoisotopic (exact) mass is 372 g/mol. The molecule has 0 atom stereocenters. The van der Waals surface area contributed by atoms with E-state index in [1.807, 2.05) is 0 Å². The molecule has 1 aromatic heterocycles. The Bertz CT molecular complexity index is 987. The summed E-state index contributed by atoms with van der Waals surface area (Å²) in [7, 11) is 0. The molecule has 2 heterocycles. The molecule has 0 aliphatic carbocycles. The number of rotatable bonds is 5. The highest BCUT2D eigenvalue weighted by atomic mass is 35.5. The van der Waals surface area contributed by atoms with Crippen LogP contribution in [-0.4, -0.2) is 33.2 Å². The summed E-state index contributed by atoms with van der Waals surface area (Å²) in [6.07, 6.45) is 3.52. The molecule has 0 bridgehead atoms. The molecular weight excluding hydrogens is 356 g/mol. The molecule has 26 heavy (non-hydrogen) atoms. The molecule has 1 fully saturated rings. The van der Waals surface area contributed by atoms with Crippen molar-refractivity contribution in [1.82, 2.24) is 20.0 Å². The van der Waals surface area contributed by atoms with E-state index in [0.29, 0.717) is 28.4 Å². The highest BCUT2D eigenvalue weighted by Crippen LogP contribution is 2.17. The summed E-state index contributed by atoms with van der Waals surface area (Å²) in [6.45, 7) is 5.53. The fourth-order valence-corrected chi connectivity index (χ4v) is 2.85. The zero-order valence-electron chi connectivity index (χ0n) is 14.1. The van der Waals surface area contributed by atoms with Crippen molar-refractivity contribution in [2.75, 3.05) is 6.54 Å². The molecule has 0 spiro atoms. The number of benzene rings is 1. The number of H-pyrrole nitrogens is 1. The van der Waals surface area contributed by atoms with E-state index in [0.717, 1.165) is 4.90 Å². The lowest BCUT2D eigenvalue weighted by atomic mass is 10.2. The molecule has 8 heteroatoms. The van der Waals surface area contributed by atoms with Crippen molar-refractivity contribution >= 4 is 29.6 Å². The van der Waals surface area contributed by atoms with Crippen LogP contribution in [0.15, 0.2) is 47.4 Å². The summed E-state index contributed by atoms with van der Waals surface area (Å²) in [5.41, 5.74) is 1.15. The number of carbonyl (C=O) groups excluding carboxylic acids is 2. The maximum Gasteiger partial charge on any atom is 0.329 e. The largest absolute Gasteiger partial charge is 0.329 e. The molecule has 1 aliphatic rings. The Morgan fingerprint density at radius 3 is 2.73 bits per heavy atom. The SMILES string of the molecule is C=CCCN1C(=O)N/C(=C\c2c(C)[nH]n(-c3cccc(Cl)c3)c2=O)C1=O. The van der Waals surface area contributed by atoms with E-state index in [4.69, 9.17) is 11.6 Å². The number of aromatic amines is 1. The molecular formula is C18H17ClN4O3. The maximum atomic E-state index is 12.7. The number of imide groups is 1. The van der Waals surface area contributed by atoms with Gasteiger partial charge in [-0.3, -0.25) is 19.6 Å². The molecule has 1 saturated heterocycles. The van der Waals surface area contributed by atoms with Gasteiger partial charge in [-0.25, -0.2) is 9.48 Å². The smallest absolute Gasteiger partial charge is 0.303 e. The first-order valence-electron chi connectivity index (χ1n) is 7.95. The fraction of sp³-hybridized carbons (Fsp3) is 0.167. The van der Waals surface area contributed by atoms with E-state index in [-0.39, 0.29) is 17.8 Å². The Hall–Kier alpha value is -3.06. The highest BCUT2D eigenvalue weighted by molar-refractivity contribution is 6.30. The van der Waals surface area contributed by atoms with Crippen molar-refractivity contribution in [3.63, 3.8) is 0 Å². The molecule has 0 unspecified atom stereocenters. The number of carbonyl (C=O) groups is 2. The molecule has 0 radical (unpaired) electrons. The maximum absolute atomic E-state index is 12.7. The Kier molecular flexibility index (Phi) is 4.81. The summed E-state index contributed by atoms with van der Waals surface area (Å²) in [6, 6.07) is 6.32. The van der Waals surface area contributed by atoms with Crippen molar-refractivity contribution < 1.29 is 9.59 Å². The molecule has 7 nitrogen and oxygen atoms in total. The summed E-state index contributed by atoms with van der Waals surface area (Å²) in [5, 5.41) is 5.95. The number of hydrogen-bond acceptors (Lipinski definition) is 3. The summed E-state index contributed by atoms with van der Waals surface area (Å²) >= 11 is 5.98. The number of amides is 3. The van der Waals surface area contributed by atoms with E-state index in [1.165, 1.54) is 10.8 Å². The third-order valence-electron chi connectivity index (χ3n) is 3.99. The number of halogens is 1. The number of aryl methyl sites for hydroxylation is 1. The van der Waals surface area contributed by atoms with Crippen molar-refractivity contribution in [3.8, 4) is 5.69 Å². The zero-order valence-corrected chi connectivity index (χ0v) is 14.8. The van der Waals surface area contributed by atoms with Gasteiger partial charge in [0.15, 0.2) is 0 Å². The standard InChI is InChI=1S/C18H17ClN4O3/c1-3-4-8-22-17(25)15(20-18(22)26)10-14-11(2)21-23(16(14)24)13-7-5-6-12(19)9-13/h3,5-7,9-10,21H,1,4,8H2,2H3,(H,20,26)/b15-10-. The minimum Gasteiger partial charge on any atom is -0.303 e. The lowest BCUT2D eigenvalue weighted by Gasteiger charge is -2.08.